The quantitative estimate of drug-likeness (QED) is 0.723. The van der Waals surface area contributed by atoms with Crippen LogP contribution in [0.15, 0.2) is 29.1 Å². The molecule has 0 spiro atoms. The lowest BCUT2D eigenvalue weighted by Crippen LogP contribution is -2.37. The Kier molecular flexibility index (Phi) is 5.44. The fourth-order valence-electron chi connectivity index (χ4n) is 3.69. The third-order valence-corrected chi connectivity index (χ3v) is 4.93. The number of rotatable bonds is 4. The maximum atomic E-state index is 12.7. The number of pyridine rings is 1. The van der Waals surface area contributed by atoms with E-state index in [2.05, 4.69) is 10.3 Å². The standard InChI is InChI=1S/C21H24N2O4/c1-12-8-13(2)10-15(9-12)18(21(26)27)23-20(25)16-11-14-6-4-3-5-7-17(14)22-19(16)24/h8-11,18H,3-7H2,1-2H3,(H,22,24)(H,23,25)(H,26,27). The van der Waals surface area contributed by atoms with Gasteiger partial charge in [0, 0.05) is 5.69 Å². The summed E-state index contributed by atoms with van der Waals surface area (Å²) >= 11 is 0. The maximum Gasteiger partial charge on any atom is 0.330 e. The van der Waals surface area contributed by atoms with Gasteiger partial charge in [-0.1, -0.05) is 35.7 Å². The molecular formula is C21H24N2O4. The van der Waals surface area contributed by atoms with Crippen molar-refractivity contribution < 1.29 is 14.7 Å². The van der Waals surface area contributed by atoms with Crippen molar-refractivity contribution >= 4 is 11.9 Å². The van der Waals surface area contributed by atoms with Crippen LogP contribution in [-0.2, 0) is 17.6 Å². The second-order valence-corrected chi connectivity index (χ2v) is 7.24. The molecule has 142 valence electrons. The first-order valence-corrected chi connectivity index (χ1v) is 9.22. The monoisotopic (exact) mass is 368 g/mol. The van der Waals surface area contributed by atoms with Crippen LogP contribution in [0.25, 0.3) is 0 Å². The Bertz CT molecular complexity index is 925. The summed E-state index contributed by atoms with van der Waals surface area (Å²) in [6, 6.07) is 5.80. The lowest BCUT2D eigenvalue weighted by molar-refractivity contribution is -0.139. The number of fused-ring (bicyclic) bond motifs is 1. The van der Waals surface area contributed by atoms with E-state index in [4.69, 9.17) is 0 Å². The minimum Gasteiger partial charge on any atom is -0.479 e. The van der Waals surface area contributed by atoms with Gasteiger partial charge in [-0.05, 0) is 56.7 Å². The molecule has 6 nitrogen and oxygen atoms in total. The summed E-state index contributed by atoms with van der Waals surface area (Å²) in [4.78, 5) is 39.6. The Morgan fingerprint density at radius 3 is 2.37 bits per heavy atom. The summed E-state index contributed by atoms with van der Waals surface area (Å²) in [6.45, 7) is 3.74. The smallest absolute Gasteiger partial charge is 0.330 e. The van der Waals surface area contributed by atoms with Crippen molar-refractivity contribution in [3.8, 4) is 0 Å². The average molecular weight is 368 g/mol. The van der Waals surface area contributed by atoms with E-state index in [1.807, 2.05) is 19.9 Å². The molecule has 1 aromatic heterocycles. The number of aromatic nitrogens is 1. The van der Waals surface area contributed by atoms with E-state index in [9.17, 15) is 19.5 Å². The van der Waals surface area contributed by atoms with Crippen molar-refractivity contribution in [2.75, 3.05) is 0 Å². The summed E-state index contributed by atoms with van der Waals surface area (Å²) < 4.78 is 0. The largest absolute Gasteiger partial charge is 0.479 e. The van der Waals surface area contributed by atoms with Crippen LogP contribution < -0.4 is 10.9 Å². The number of carboxylic acids is 1. The van der Waals surface area contributed by atoms with Gasteiger partial charge in [0.1, 0.15) is 5.56 Å². The Morgan fingerprint density at radius 1 is 1.04 bits per heavy atom. The highest BCUT2D eigenvalue weighted by molar-refractivity contribution is 5.96. The number of aryl methyl sites for hydroxylation is 4. The van der Waals surface area contributed by atoms with E-state index in [0.717, 1.165) is 54.5 Å². The number of carbonyl (C=O) groups excluding carboxylic acids is 1. The normalized spacial score (nSPS) is 14.7. The Hall–Kier alpha value is -2.89. The number of H-pyrrole nitrogens is 1. The van der Waals surface area contributed by atoms with Gasteiger partial charge in [0.15, 0.2) is 6.04 Å². The molecule has 2 aromatic rings. The molecule has 3 N–H and O–H groups in total. The van der Waals surface area contributed by atoms with Crippen LogP contribution in [0.5, 0.6) is 0 Å². The minimum absolute atomic E-state index is 0.0359. The molecule has 1 heterocycles. The van der Waals surface area contributed by atoms with Gasteiger partial charge in [-0.3, -0.25) is 9.59 Å². The summed E-state index contributed by atoms with van der Waals surface area (Å²) in [5, 5.41) is 12.1. The highest BCUT2D eigenvalue weighted by atomic mass is 16.4. The number of nitrogens with one attached hydrogen (secondary N) is 2. The van der Waals surface area contributed by atoms with Gasteiger partial charge >= 0.3 is 5.97 Å². The minimum atomic E-state index is -1.21. The number of hydrogen-bond acceptors (Lipinski definition) is 3. The molecular weight excluding hydrogens is 344 g/mol. The van der Waals surface area contributed by atoms with Gasteiger partial charge in [0.25, 0.3) is 11.5 Å². The molecule has 0 radical (unpaired) electrons. The van der Waals surface area contributed by atoms with Crippen molar-refractivity contribution in [3.05, 3.63) is 68.1 Å². The van der Waals surface area contributed by atoms with E-state index >= 15 is 0 Å². The van der Waals surface area contributed by atoms with Gasteiger partial charge in [-0.25, -0.2) is 4.79 Å². The molecule has 1 aliphatic rings. The van der Waals surface area contributed by atoms with Gasteiger partial charge in [-0.2, -0.15) is 0 Å². The van der Waals surface area contributed by atoms with Crippen LogP contribution in [0.2, 0.25) is 0 Å². The summed E-state index contributed by atoms with van der Waals surface area (Å²) in [7, 11) is 0. The third-order valence-electron chi connectivity index (χ3n) is 4.93. The average Bonchev–Trinajstić information content (AvgIpc) is 2.82. The SMILES string of the molecule is Cc1cc(C)cc(C(NC(=O)c2cc3c([nH]c2=O)CCCCC3)C(=O)O)c1. The molecule has 0 saturated heterocycles. The van der Waals surface area contributed by atoms with Crippen molar-refractivity contribution in [1.82, 2.24) is 10.3 Å². The fraction of sp³-hybridized carbons (Fsp3) is 0.381. The van der Waals surface area contributed by atoms with Crippen LogP contribution in [0.1, 0.15) is 63.6 Å². The Labute approximate surface area is 157 Å². The molecule has 1 unspecified atom stereocenters. The lowest BCUT2D eigenvalue weighted by atomic mass is 10.0. The Balaban J connectivity index is 1.91. The van der Waals surface area contributed by atoms with E-state index in [1.165, 1.54) is 0 Å². The van der Waals surface area contributed by atoms with E-state index in [-0.39, 0.29) is 5.56 Å². The molecule has 6 heteroatoms. The highest BCUT2D eigenvalue weighted by Gasteiger charge is 2.25. The predicted octanol–water partition coefficient (Wildman–Crippen LogP) is 2.82. The molecule has 1 amide bonds. The van der Waals surface area contributed by atoms with Crippen LogP contribution >= 0.6 is 0 Å². The topological polar surface area (TPSA) is 99.3 Å². The molecule has 0 bridgehead atoms. The van der Waals surface area contributed by atoms with E-state index < -0.39 is 23.5 Å². The summed E-state index contributed by atoms with van der Waals surface area (Å²) in [5.74, 6) is -1.84. The number of amides is 1. The molecule has 0 saturated carbocycles. The third kappa shape index (κ3) is 4.27. The summed E-state index contributed by atoms with van der Waals surface area (Å²) in [6.07, 6.45) is 4.73. The molecule has 3 rings (SSSR count). The summed E-state index contributed by atoms with van der Waals surface area (Å²) in [5.41, 5.74) is 3.65. The van der Waals surface area contributed by atoms with Gasteiger partial charge in [0.05, 0.1) is 0 Å². The number of carbonyl (C=O) groups is 2. The number of hydrogen-bond donors (Lipinski definition) is 3. The van der Waals surface area contributed by atoms with Gasteiger partial charge < -0.3 is 15.4 Å². The number of aliphatic carboxylic acids is 1. The molecule has 1 aliphatic carbocycles. The first kappa shape index (κ1) is 18.9. The van der Waals surface area contributed by atoms with Crippen LogP contribution in [-0.4, -0.2) is 22.0 Å². The number of aromatic amines is 1. The van der Waals surface area contributed by atoms with Crippen molar-refractivity contribution in [3.63, 3.8) is 0 Å². The second-order valence-electron chi connectivity index (χ2n) is 7.24. The van der Waals surface area contributed by atoms with Crippen LogP contribution in [0, 0.1) is 13.8 Å². The fourth-order valence-corrected chi connectivity index (χ4v) is 3.69. The van der Waals surface area contributed by atoms with E-state index in [0.29, 0.717) is 5.56 Å². The van der Waals surface area contributed by atoms with Gasteiger partial charge in [-0.15, -0.1) is 0 Å². The van der Waals surface area contributed by atoms with Crippen LogP contribution in [0.3, 0.4) is 0 Å². The highest BCUT2D eigenvalue weighted by Crippen LogP contribution is 2.20. The zero-order valence-corrected chi connectivity index (χ0v) is 15.6. The molecule has 1 aromatic carbocycles. The zero-order chi connectivity index (χ0) is 19.6. The predicted molar refractivity (Wildman–Crippen MR) is 102 cm³/mol. The second kappa shape index (κ2) is 7.78. The van der Waals surface area contributed by atoms with Crippen molar-refractivity contribution in [2.24, 2.45) is 0 Å². The number of carboxylic acid groups (broad SMARTS) is 1. The van der Waals surface area contributed by atoms with Crippen molar-refractivity contribution in [1.29, 1.82) is 0 Å². The maximum absolute atomic E-state index is 12.7. The zero-order valence-electron chi connectivity index (χ0n) is 15.6. The van der Waals surface area contributed by atoms with Gasteiger partial charge in [0.2, 0.25) is 0 Å². The van der Waals surface area contributed by atoms with Crippen molar-refractivity contribution in [2.45, 2.75) is 52.0 Å². The molecule has 1 atom stereocenters. The molecule has 0 aliphatic heterocycles. The van der Waals surface area contributed by atoms with Crippen LogP contribution in [0.4, 0.5) is 0 Å². The molecule has 27 heavy (non-hydrogen) atoms. The Morgan fingerprint density at radius 2 is 1.70 bits per heavy atom. The van der Waals surface area contributed by atoms with E-state index in [1.54, 1.807) is 18.2 Å². The first-order valence-electron chi connectivity index (χ1n) is 9.22. The first-order chi connectivity index (χ1) is 12.8. The lowest BCUT2D eigenvalue weighted by Gasteiger charge is -2.17. The number of benzene rings is 1. The molecule has 0 fully saturated rings.